The van der Waals surface area contributed by atoms with Gasteiger partial charge in [0.25, 0.3) is 0 Å². The third-order valence-corrected chi connectivity index (χ3v) is 2.01. The Morgan fingerprint density at radius 2 is 1.57 bits per heavy atom. The summed E-state index contributed by atoms with van der Waals surface area (Å²) in [6.07, 6.45) is 1.06. The molecule has 0 aliphatic carbocycles. The monoisotopic (exact) mass is 259 g/mol. The number of hydrogen-bond donors (Lipinski definition) is 1. The lowest BCUT2D eigenvalue weighted by Crippen LogP contribution is -3.00. The second-order valence-corrected chi connectivity index (χ2v) is 4.43. The number of phenols is 1. The SMILES string of the molecule is C[N+](C)(C)CCc1ccc(O)cc1.[Br-]. The summed E-state index contributed by atoms with van der Waals surface area (Å²) in [6, 6.07) is 7.44. The van der Waals surface area contributed by atoms with Crippen molar-refractivity contribution in [2.45, 2.75) is 6.42 Å². The van der Waals surface area contributed by atoms with Crippen molar-refractivity contribution >= 4 is 0 Å². The van der Waals surface area contributed by atoms with Gasteiger partial charge in [-0.15, -0.1) is 0 Å². The molecule has 0 amide bonds. The third-order valence-electron chi connectivity index (χ3n) is 2.01. The highest BCUT2D eigenvalue weighted by atomic mass is 79.9. The first-order valence-corrected chi connectivity index (χ1v) is 4.56. The van der Waals surface area contributed by atoms with Crippen LogP contribution in [0.15, 0.2) is 24.3 Å². The summed E-state index contributed by atoms with van der Waals surface area (Å²) in [5.41, 5.74) is 1.28. The molecule has 14 heavy (non-hydrogen) atoms. The first-order valence-electron chi connectivity index (χ1n) is 4.56. The summed E-state index contributed by atoms with van der Waals surface area (Å²) in [4.78, 5) is 0. The summed E-state index contributed by atoms with van der Waals surface area (Å²) in [5, 5.41) is 9.08. The van der Waals surface area contributed by atoms with E-state index in [0.29, 0.717) is 5.75 Å². The van der Waals surface area contributed by atoms with Crippen LogP contribution in [-0.4, -0.2) is 37.3 Å². The van der Waals surface area contributed by atoms with E-state index in [9.17, 15) is 0 Å². The van der Waals surface area contributed by atoms with Gasteiger partial charge in [-0.05, 0) is 17.7 Å². The molecule has 1 rings (SSSR count). The van der Waals surface area contributed by atoms with Crippen molar-refractivity contribution in [3.05, 3.63) is 29.8 Å². The minimum Gasteiger partial charge on any atom is -1.00 e. The summed E-state index contributed by atoms with van der Waals surface area (Å²) in [7, 11) is 6.54. The van der Waals surface area contributed by atoms with Crippen LogP contribution in [0.3, 0.4) is 0 Å². The minimum absolute atomic E-state index is 0. The van der Waals surface area contributed by atoms with Crippen LogP contribution in [-0.2, 0) is 6.42 Å². The number of nitrogens with zero attached hydrogens (tertiary/aromatic N) is 1. The zero-order valence-corrected chi connectivity index (χ0v) is 10.6. The van der Waals surface area contributed by atoms with Crippen molar-refractivity contribution in [3.8, 4) is 5.75 Å². The first-order chi connectivity index (χ1) is 5.97. The molecule has 0 radical (unpaired) electrons. The van der Waals surface area contributed by atoms with Gasteiger partial charge in [0.05, 0.1) is 27.7 Å². The van der Waals surface area contributed by atoms with Crippen molar-refractivity contribution in [2.75, 3.05) is 27.7 Å². The number of benzene rings is 1. The predicted octanol–water partition coefficient (Wildman–Crippen LogP) is -1.36. The molecule has 0 unspecified atom stereocenters. The Kier molecular flexibility index (Phi) is 5.16. The maximum Gasteiger partial charge on any atom is 0.115 e. The number of hydrogen-bond acceptors (Lipinski definition) is 1. The van der Waals surface area contributed by atoms with Crippen LogP contribution >= 0.6 is 0 Å². The summed E-state index contributed by atoms with van der Waals surface area (Å²) in [5.74, 6) is 0.342. The highest BCUT2D eigenvalue weighted by molar-refractivity contribution is 5.25. The third kappa shape index (κ3) is 5.25. The van der Waals surface area contributed by atoms with Crippen LogP contribution in [0.5, 0.6) is 5.75 Å². The molecule has 0 aromatic heterocycles. The normalized spacial score (nSPS) is 10.8. The Hall–Kier alpha value is -0.540. The molecule has 0 saturated heterocycles. The van der Waals surface area contributed by atoms with Gasteiger partial charge < -0.3 is 26.6 Å². The van der Waals surface area contributed by atoms with Crippen molar-refractivity contribution in [3.63, 3.8) is 0 Å². The van der Waals surface area contributed by atoms with E-state index in [1.165, 1.54) is 5.56 Å². The number of halogens is 1. The van der Waals surface area contributed by atoms with Crippen LogP contribution in [0.2, 0.25) is 0 Å². The largest absolute Gasteiger partial charge is 1.00 e. The molecule has 0 bridgehead atoms. The zero-order valence-electron chi connectivity index (χ0n) is 9.00. The van der Waals surface area contributed by atoms with Gasteiger partial charge in [0.2, 0.25) is 0 Å². The molecule has 80 valence electrons. The molecular weight excluding hydrogens is 242 g/mol. The molecule has 0 spiro atoms. The van der Waals surface area contributed by atoms with Crippen molar-refractivity contribution < 1.29 is 26.6 Å². The maximum atomic E-state index is 9.08. The standard InChI is InChI=1S/C11H17NO.BrH/c1-12(2,3)9-8-10-4-6-11(13)7-5-10;/h4-7H,8-9H2,1-3H3;1H. The lowest BCUT2D eigenvalue weighted by atomic mass is 10.1. The van der Waals surface area contributed by atoms with Crippen LogP contribution in [0.25, 0.3) is 0 Å². The van der Waals surface area contributed by atoms with Crippen LogP contribution in [0.1, 0.15) is 5.56 Å². The summed E-state index contributed by atoms with van der Waals surface area (Å²) < 4.78 is 0.973. The second-order valence-electron chi connectivity index (χ2n) is 4.43. The molecule has 2 nitrogen and oxygen atoms in total. The average Bonchev–Trinajstić information content (AvgIpc) is 2.02. The molecule has 0 fully saturated rings. The molecule has 0 aliphatic heterocycles. The Morgan fingerprint density at radius 1 is 1.07 bits per heavy atom. The van der Waals surface area contributed by atoms with E-state index in [4.69, 9.17) is 5.11 Å². The number of quaternary nitrogens is 1. The van der Waals surface area contributed by atoms with Gasteiger partial charge in [-0.3, -0.25) is 0 Å². The molecule has 3 heteroatoms. The van der Waals surface area contributed by atoms with Gasteiger partial charge in [-0.2, -0.15) is 0 Å². The summed E-state index contributed by atoms with van der Waals surface area (Å²) in [6.45, 7) is 1.12. The molecule has 0 atom stereocenters. The average molecular weight is 260 g/mol. The second kappa shape index (κ2) is 5.37. The van der Waals surface area contributed by atoms with Crippen LogP contribution in [0, 0.1) is 0 Å². The highest BCUT2D eigenvalue weighted by Crippen LogP contribution is 2.10. The van der Waals surface area contributed by atoms with Gasteiger partial charge in [0, 0.05) is 6.42 Å². The number of aromatic hydroxyl groups is 1. The van der Waals surface area contributed by atoms with Crippen molar-refractivity contribution in [1.29, 1.82) is 0 Å². The van der Waals surface area contributed by atoms with Gasteiger partial charge in [0.15, 0.2) is 0 Å². The molecule has 1 N–H and O–H groups in total. The molecular formula is C11H18BrNO. The van der Waals surface area contributed by atoms with E-state index in [1.54, 1.807) is 12.1 Å². The van der Waals surface area contributed by atoms with E-state index in [1.807, 2.05) is 12.1 Å². The number of rotatable bonds is 3. The molecule has 0 saturated carbocycles. The Balaban J connectivity index is 0.00000169. The fraction of sp³-hybridized carbons (Fsp3) is 0.455. The smallest absolute Gasteiger partial charge is 0.115 e. The predicted molar refractivity (Wildman–Crippen MR) is 54.7 cm³/mol. The van der Waals surface area contributed by atoms with E-state index in [0.717, 1.165) is 17.4 Å². The molecule has 1 aromatic carbocycles. The van der Waals surface area contributed by atoms with E-state index in [2.05, 4.69) is 21.1 Å². The van der Waals surface area contributed by atoms with Gasteiger partial charge in [0.1, 0.15) is 5.75 Å². The highest BCUT2D eigenvalue weighted by Gasteiger charge is 2.06. The number of likely N-dealkylation sites (N-methyl/N-ethyl adjacent to an activating group) is 1. The molecule has 0 aliphatic rings. The topological polar surface area (TPSA) is 20.2 Å². The lowest BCUT2D eigenvalue weighted by Gasteiger charge is -2.23. The number of phenolic OH excluding ortho intramolecular Hbond substituents is 1. The Bertz CT molecular complexity index is 264. The van der Waals surface area contributed by atoms with E-state index >= 15 is 0 Å². The molecule has 1 aromatic rings. The quantitative estimate of drug-likeness (QED) is 0.666. The fourth-order valence-electron chi connectivity index (χ4n) is 1.13. The summed E-state index contributed by atoms with van der Waals surface area (Å²) >= 11 is 0. The maximum absolute atomic E-state index is 9.08. The lowest BCUT2D eigenvalue weighted by molar-refractivity contribution is -0.870. The van der Waals surface area contributed by atoms with E-state index < -0.39 is 0 Å². The van der Waals surface area contributed by atoms with Crippen molar-refractivity contribution in [1.82, 2.24) is 0 Å². The Morgan fingerprint density at radius 3 is 2.00 bits per heavy atom. The fourth-order valence-corrected chi connectivity index (χ4v) is 1.13. The van der Waals surface area contributed by atoms with Gasteiger partial charge in [-0.25, -0.2) is 0 Å². The van der Waals surface area contributed by atoms with Crippen LogP contribution in [0.4, 0.5) is 0 Å². The minimum atomic E-state index is 0. The first kappa shape index (κ1) is 13.5. The van der Waals surface area contributed by atoms with Crippen LogP contribution < -0.4 is 17.0 Å². The molecule has 0 heterocycles. The zero-order chi connectivity index (χ0) is 9.90. The van der Waals surface area contributed by atoms with Gasteiger partial charge >= 0.3 is 0 Å². The van der Waals surface area contributed by atoms with Gasteiger partial charge in [-0.1, -0.05) is 12.1 Å². The van der Waals surface area contributed by atoms with Crippen molar-refractivity contribution in [2.24, 2.45) is 0 Å². The Labute approximate surface area is 96.5 Å². The van der Waals surface area contributed by atoms with E-state index in [-0.39, 0.29) is 17.0 Å².